The van der Waals surface area contributed by atoms with E-state index in [0.717, 1.165) is 11.3 Å². The van der Waals surface area contributed by atoms with Crippen molar-refractivity contribution in [2.45, 2.75) is 20.3 Å². The van der Waals surface area contributed by atoms with Crippen LogP contribution in [0.4, 0.5) is 0 Å². The van der Waals surface area contributed by atoms with Crippen LogP contribution in [0.25, 0.3) is 22.6 Å². The van der Waals surface area contributed by atoms with E-state index >= 15 is 0 Å². The number of rotatable bonds is 7. The summed E-state index contributed by atoms with van der Waals surface area (Å²) >= 11 is 6.18. The van der Waals surface area contributed by atoms with Crippen LogP contribution >= 0.6 is 11.6 Å². The number of aromatic nitrogens is 3. The molecule has 0 atom stereocenters. The van der Waals surface area contributed by atoms with Crippen LogP contribution in [0.2, 0.25) is 5.02 Å². The highest BCUT2D eigenvalue weighted by Gasteiger charge is 2.15. The van der Waals surface area contributed by atoms with Crippen LogP contribution in [0.15, 0.2) is 47.1 Å². The monoisotopic (exact) mass is 439 g/mol. The van der Waals surface area contributed by atoms with Crippen molar-refractivity contribution in [3.63, 3.8) is 0 Å². The minimum absolute atomic E-state index is 0.404. The average Bonchev–Trinajstić information content (AvgIpc) is 3.38. The molecule has 0 saturated carbocycles. The molecule has 4 rings (SSSR count). The fourth-order valence-electron chi connectivity index (χ4n) is 3.12. The van der Waals surface area contributed by atoms with Crippen LogP contribution in [-0.2, 0) is 11.2 Å². The van der Waals surface area contributed by atoms with E-state index in [1.165, 1.54) is 7.11 Å². The minimum Gasteiger partial charge on any atom is -0.493 e. The standard InChI is InChI=1S/C23H22ClN3O4/c1-13(2)11-30-20-7-5-16(24)8-15(20)10-21-25-19(12-31-21)22-26-17-6-4-14(23(28)29-3)9-18(17)27-22/h4-9,12-13H,10-11H2,1-3H3,(H,26,27). The number of imidazole rings is 1. The number of fused-ring (bicyclic) bond motifs is 1. The van der Waals surface area contributed by atoms with E-state index in [-0.39, 0.29) is 0 Å². The van der Waals surface area contributed by atoms with E-state index in [9.17, 15) is 4.79 Å². The molecule has 0 saturated heterocycles. The van der Waals surface area contributed by atoms with Gasteiger partial charge in [-0.25, -0.2) is 14.8 Å². The summed E-state index contributed by atoms with van der Waals surface area (Å²) in [6.45, 7) is 4.80. The molecule has 4 aromatic rings. The summed E-state index contributed by atoms with van der Waals surface area (Å²) in [4.78, 5) is 24.0. The second kappa shape index (κ2) is 8.81. The van der Waals surface area contributed by atoms with E-state index in [0.29, 0.717) is 58.0 Å². The minimum atomic E-state index is -0.404. The Morgan fingerprint density at radius 3 is 2.81 bits per heavy atom. The quantitative estimate of drug-likeness (QED) is 0.394. The second-order valence-corrected chi connectivity index (χ2v) is 8.01. The molecule has 160 valence electrons. The Morgan fingerprint density at radius 1 is 1.19 bits per heavy atom. The lowest BCUT2D eigenvalue weighted by Gasteiger charge is -2.12. The van der Waals surface area contributed by atoms with Crippen LogP contribution in [0.3, 0.4) is 0 Å². The number of methoxy groups -OCH3 is 1. The van der Waals surface area contributed by atoms with Gasteiger partial charge in [0.15, 0.2) is 11.7 Å². The normalized spacial score (nSPS) is 11.3. The first-order valence-corrected chi connectivity index (χ1v) is 10.2. The van der Waals surface area contributed by atoms with Crippen molar-refractivity contribution in [2.75, 3.05) is 13.7 Å². The number of carbonyl (C=O) groups is 1. The Labute approximate surface area is 184 Å². The number of nitrogens with one attached hydrogen (secondary N) is 1. The van der Waals surface area contributed by atoms with Gasteiger partial charge in [-0.1, -0.05) is 25.4 Å². The molecule has 7 nitrogen and oxygen atoms in total. The van der Waals surface area contributed by atoms with E-state index in [1.54, 1.807) is 30.5 Å². The maximum atomic E-state index is 11.7. The molecule has 1 N–H and O–H groups in total. The number of hydrogen-bond donors (Lipinski definition) is 1. The topological polar surface area (TPSA) is 90.2 Å². The number of benzene rings is 2. The van der Waals surface area contributed by atoms with E-state index in [1.807, 2.05) is 12.1 Å². The molecule has 8 heteroatoms. The number of hydrogen-bond acceptors (Lipinski definition) is 6. The summed E-state index contributed by atoms with van der Waals surface area (Å²) in [6.07, 6.45) is 1.98. The Kier molecular flexibility index (Phi) is 5.95. The molecular weight excluding hydrogens is 418 g/mol. The van der Waals surface area contributed by atoms with Crippen molar-refractivity contribution in [3.05, 3.63) is 64.7 Å². The Balaban J connectivity index is 1.58. The molecule has 0 spiro atoms. The van der Waals surface area contributed by atoms with Gasteiger partial charge in [0.05, 0.1) is 36.7 Å². The van der Waals surface area contributed by atoms with Gasteiger partial charge in [0.1, 0.15) is 17.7 Å². The maximum Gasteiger partial charge on any atom is 0.337 e. The molecular formula is C23H22ClN3O4. The molecule has 0 aliphatic carbocycles. The molecule has 0 bridgehead atoms. The lowest BCUT2D eigenvalue weighted by atomic mass is 10.1. The first-order chi connectivity index (χ1) is 14.9. The molecule has 0 aliphatic heterocycles. The molecule has 2 aromatic heterocycles. The lowest BCUT2D eigenvalue weighted by molar-refractivity contribution is 0.0601. The number of ether oxygens (including phenoxy) is 2. The van der Waals surface area contributed by atoms with Gasteiger partial charge < -0.3 is 18.9 Å². The van der Waals surface area contributed by atoms with Crippen LogP contribution in [0.5, 0.6) is 5.75 Å². The molecule has 0 aliphatic rings. The molecule has 0 unspecified atom stereocenters. The highest BCUT2D eigenvalue weighted by atomic mass is 35.5. The highest BCUT2D eigenvalue weighted by molar-refractivity contribution is 6.30. The van der Waals surface area contributed by atoms with Crippen molar-refractivity contribution < 1.29 is 18.7 Å². The number of aromatic amines is 1. The lowest BCUT2D eigenvalue weighted by Crippen LogP contribution is -2.06. The van der Waals surface area contributed by atoms with Crippen molar-refractivity contribution in [1.82, 2.24) is 15.0 Å². The summed E-state index contributed by atoms with van der Waals surface area (Å²) in [5, 5.41) is 0.623. The van der Waals surface area contributed by atoms with Crippen molar-refractivity contribution in [3.8, 4) is 17.3 Å². The summed E-state index contributed by atoms with van der Waals surface area (Å²) in [5.41, 5.74) is 3.33. The van der Waals surface area contributed by atoms with Crippen LogP contribution in [0, 0.1) is 5.92 Å². The fourth-order valence-corrected chi connectivity index (χ4v) is 3.32. The second-order valence-electron chi connectivity index (χ2n) is 7.57. The highest BCUT2D eigenvalue weighted by Crippen LogP contribution is 2.27. The third kappa shape index (κ3) is 4.72. The first-order valence-electron chi connectivity index (χ1n) is 9.87. The number of H-pyrrole nitrogens is 1. The number of oxazole rings is 1. The van der Waals surface area contributed by atoms with Crippen molar-refractivity contribution in [2.24, 2.45) is 5.92 Å². The molecule has 2 aromatic carbocycles. The molecule has 31 heavy (non-hydrogen) atoms. The van der Waals surface area contributed by atoms with E-state index < -0.39 is 5.97 Å². The summed E-state index contributed by atoms with van der Waals surface area (Å²) in [6, 6.07) is 10.7. The zero-order valence-electron chi connectivity index (χ0n) is 17.4. The number of nitrogens with zero attached hydrogens (tertiary/aromatic N) is 2. The Bertz CT molecular complexity index is 1230. The predicted molar refractivity (Wildman–Crippen MR) is 118 cm³/mol. The van der Waals surface area contributed by atoms with Crippen molar-refractivity contribution in [1.29, 1.82) is 0 Å². The molecule has 2 heterocycles. The van der Waals surface area contributed by atoms with Gasteiger partial charge in [0, 0.05) is 10.6 Å². The number of halogens is 1. The fraction of sp³-hybridized carbons (Fsp3) is 0.261. The van der Waals surface area contributed by atoms with Gasteiger partial charge in [0.25, 0.3) is 0 Å². The van der Waals surface area contributed by atoms with Crippen LogP contribution in [-0.4, -0.2) is 34.6 Å². The average molecular weight is 440 g/mol. The van der Waals surface area contributed by atoms with Crippen molar-refractivity contribution >= 4 is 28.6 Å². The third-order valence-electron chi connectivity index (χ3n) is 4.63. The largest absolute Gasteiger partial charge is 0.493 e. The van der Waals surface area contributed by atoms with Gasteiger partial charge in [-0.3, -0.25) is 0 Å². The molecule has 0 fully saturated rings. The van der Waals surface area contributed by atoms with Crippen LogP contribution < -0.4 is 4.74 Å². The van der Waals surface area contributed by atoms with Gasteiger partial charge in [-0.15, -0.1) is 0 Å². The SMILES string of the molecule is COC(=O)c1ccc2nc(-c3coc(Cc4cc(Cl)ccc4OCC(C)C)n3)[nH]c2c1. The summed E-state index contributed by atoms with van der Waals surface area (Å²) in [5.74, 6) is 1.83. The van der Waals surface area contributed by atoms with Gasteiger partial charge >= 0.3 is 5.97 Å². The van der Waals surface area contributed by atoms with Crippen LogP contribution in [0.1, 0.15) is 35.7 Å². The van der Waals surface area contributed by atoms with Gasteiger partial charge in [0.2, 0.25) is 0 Å². The number of esters is 1. The zero-order chi connectivity index (χ0) is 22.0. The third-order valence-corrected chi connectivity index (χ3v) is 4.87. The predicted octanol–water partition coefficient (Wildman–Crippen LogP) is 5.28. The maximum absolute atomic E-state index is 11.7. The smallest absolute Gasteiger partial charge is 0.337 e. The summed E-state index contributed by atoms with van der Waals surface area (Å²) < 4.78 is 16.4. The Hall–Kier alpha value is -3.32. The van der Waals surface area contributed by atoms with Gasteiger partial charge in [-0.2, -0.15) is 0 Å². The number of carbonyl (C=O) groups excluding carboxylic acids is 1. The summed E-state index contributed by atoms with van der Waals surface area (Å²) in [7, 11) is 1.35. The zero-order valence-corrected chi connectivity index (χ0v) is 18.2. The molecule has 0 radical (unpaired) electrons. The molecule has 0 amide bonds. The van der Waals surface area contributed by atoms with E-state index in [2.05, 4.69) is 28.8 Å². The van der Waals surface area contributed by atoms with Gasteiger partial charge in [-0.05, 0) is 42.3 Å². The first kappa shape index (κ1) is 20.9. The Morgan fingerprint density at radius 2 is 2.03 bits per heavy atom. The van der Waals surface area contributed by atoms with E-state index in [4.69, 9.17) is 25.5 Å².